The summed E-state index contributed by atoms with van der Waals surface area (Å²) in [6.07, 6.45) is -1.75. The Hall–Kier alpha value is -4.17. The van der Waals surface area contributed by atoms with Crippen molar-refractivity contribution in [3.63, 3.8) is 0 Å². The lowest BCUT2D eigenvalue weighted by Gasteiger charge is -2.25. The van der Waals surface area contributed by atoms with E-state index in [1.165, 1.54) is 42.6 Å². The Morgan fingerprint density at radius 1 is 1.02 bits per heavy atom. The van der Waals surface area contributed by atoms with Gasteiger partial charge < -0.3 is 25.4 Å². The highest BCUT2D eigenvalue weighted by Crippen LogP contribution is 2.22. The Labute approximate surface area is 255 Å². The first-order chi connectivity index (χ1) is 20.6. The molecule has 1 heterocycles. The molecular weight excluding hydrogens is 610 g/mol. The third-order valence-electron chi connectivity index (χ3n) is 5.76. The van der Waals surface area contributed by atoms with E-state index in [9.17, 15) is 31.9 Å². The van der Waals surface area contributed by atoms with Crippen LogP contribution < -0.4 is 21.3 Å². The van der Waals surface area contributed by atoms with Crippen LogP contribution in [0.2, 0.25) is 5.02 Å². The number of anilines is 1. The lowest BCUT2D eigenvalue weighted by molar-refractivity contribution is -0.122. The largest absolute Gasteiger partial charge is 0.447 e. The van der Waals surface area contributed by atoms with Crippen molar-refractivity contribution in [2.24, 2.45) is 0 Å². The van der Waals surface area contributed by atoms with Gasteiger partial charge in [-0.15, -0.1) is 0 Å². The van der Waals surface area contributed by atoms with Gasteiger partial charge in [0.2, 0.25) is 5.91 Å². The second-order valence-corrected chi connectivity index (χ2v) is 11.2. The van der Waals surface area contributed by atoms with Crippen LogP contribution in [0.4, 0.5) is 33.0 Å². The summed E-state index contributed by atoms with van der Waals surface area (Å²) in [6.45, 7) is 2.55. The minimum Gasteiger partial charge on any atom is -0.447 e. The van der Waals surface area contributed by atoms with E-state index < -0.39 is 66.9 Å². The molecule has 0 spiro atoms. The molecule has 0 unspecified atom stereocenters. The van der Waals surface area contributed by atoms with Crippen LogP contribution in [-0.2, 0) is 20.8 Å². The number of benzene rings is 2. The molecule has 3 rings (SSSR count). The van der Waals surface area contributed by atoms with Crippen LogP contribution >= 0.6 is 11.6 Å². The van der Waals surface area contributed by atoms with Crippen LogP contribution in [0, 0.1) is 11.6 Å². The summed E-state index contributed by atoms with van der Waals surface area (Å²) in [6, 6.07) is 8.15. The van der Waals surface area contributed by atoms with Crippen molar-refractivity contribution in [1.82, 2.24) is 20.9 Å². The molecule has 4 N–H and O–H groups in total. The van der Waals surface area contributed by atoms with Crippen molar-refractivity contribution in [1.29, 1.82) is 0 Å². The molecule has 0 bridgehead atoms. The average Bonchev–Trinajstić information content (AvgIpc) is 2.92. The molecule has 10 nitrogen and oxygen atoms in total. The van der Waals surface area contributed by atoms with E-state index in [4.69, 9.17) is 21.1 Å². The summed E-state index contributed by atoms with van der Waals surface area (Å²) in [5, 5.41) is 10.3. The Morgan fingerprint density at radius 3 is 2.50 bits per heavy atom. The van der Waals surface area contributed by atoms with Crippen molar-refractivity contribution < 1.29 is 41.4 Å². The molecule has 0 aliphatic carbocycles. The fourth-order valence-electron chi connectivity index (χ4n) is 3.87. The number of amides is 3. The summed E-state index contributed by atoms with van der Waals surface area (Å²) in [7, 11) is 0. The molecule has 1 aromatic heterocycles. The zero-order chi connectivity index (χ0) is 32.5. The van der Waals surface area contributed by atoms with Crippen LogP contribution in [0.5, 0.6) is 0 Å². The first kappa shape index (κ1) is 34.3. The Morgan fingerprint density at radius 2 is 1.77 bits per heavy atom. The van der Waals surface area contributed by atoms with Gasteiger partial charge in [0.1, 0.15) is 29.7 Å². The number of nitrogens with zero attached hydrogens (tertiary/aromatic N) is 1. The molecule has 0 radical (unpaired) electrons. The van der Waals surface area contributed by atoms with E-state index in [0.29, 0.717) is 16.3 Å². The number of fused-ring (bicyclic) bond motifs is 1. The zero-order valence-corrected chi connectivity index (χ0v) is 24.9. The molecule has 0 saturated heterocycles. The van der Waals surface area contributed by atoms with E-state index in [1.807, 2.05) is 5.32 Å². The van der Waals surface area contributed by atoms with Gasteiger partial charge in [-0.05, 0) is 62.1 Å². The molecule has 1 atom stereocenters. The summed E-state index contributed by atoms with van der Waals surface area (Å²) in [5.41, 5.74) is -0.533. The Balaban J connectivity index is 1.61. The van der Waals surface area contributed by atoms with Gasteiger partial charge in [-0.2, -0.15) is 0 Å². The SMILES string of the molecule is CC(C)(C)OC(=O)NCC(F)(F)C[C@@H](COC(=O)Nc1cc2cc(F)ccc2cn1)NC(=O)CNCc1cccc(F)c1Cl. The number of carbonyl (C=O) groups is 3. The highest BCUT2D eigenvalue weighted by molar-refractivity contribution is 6.31. The molecule has 0 fully saturated rings. The van der Waals surface area contributed by atoms with Crippen molar-refractivity contribution in [2.75, 3.05) is 25.0 Å². The minimum absolute atomic E-state index is 0.00616. The van der Waals surface area contributed by atoms with Crippen molar-refractivity contribution in [2.45, 2.75) is 51.3 Å². The highest BCUT2D eigenvalue weighted by Gasteiger charge is 2.35. The summed E-state index contributed by atoms with van der Waals surface area (Å²) in [4.78, 5) is 40.9. The quantitative estimate of drug-likeness (QED) is 0.191. The molecule has 2 aromatic carbocycles. The van der Waals surface area contributed by atoms with Crippen molar-refractivity contribution in [3.05, 3.63) is 70.9 Å². The molecule has 0 aliphatic rings. The average molecular weight is 642 g/mol. The first-order valence-electron chi connectivity index (χ1n) is 13.4. The normalized spacial score (nSPS) is 12.4. The van der Waals surface area contributed by atoms with E-state index >= 15 is 0 Å². The maximum atomic E-state index is 14.8. The maximum Gasteiger partial charge on any atom is 0.412 e. The van der Waals surface area contributed by atoms with E-state index in [1.54, 1.807) is 26.8 Å². The van der Waals surface area contributed by atoms with Gasteiger partial charge in [0.15, 0.2) is 0 Å². The summed E-state index contributed by atoms with van der Waals surface area (Å²) in [5.74, 6) is -5.41. The third-order valence-corrected chi connectivity index (χ3v) is 6.19. The second kappa shape index (κ2) is 15.0. The van der Waals surface area contributed by atoms with E-state index in [0.717, 1.165) is 0 Å². The molecule has 0 saturated carbocycles. The van der Waals surface area contributed by atoms with Gasteiger partial charge in [0, 0.05) is 24.5 Å². The number of pyridine rings is 1. The lowest BCUT2D eigenvalue weighted by atomic mass is 10.1. The number of alkyl carbamates (subject to hydrolysis) is 1. The van der Waals surface area contributed by atoms with Crippen molar-refractivity contribution >= 4 is 46.3 Å². The van der Waals surface area contributed by atoms with Crippen LogP contribution in [-0.4, -0.2) is 60.3 Å². The van der Waals surface area contributed by atoms with Crippen LogP contribution in [0.3, 0.4) is 0 Å². The standard InChI is InChI=1S/C29H32ClF4N5O5/c1-28(2,3)44-26(41)37-16-29(33,34)11-21(38-24(40)14-35-12-18-5-4-6-22(32)25(18)30)15-43-27(42)39-23-10-19-9-20(31)8-7-17(19)13-36-23/h4-10,13,21,35H,11-12,14-16H2,1-3H3,(H,37,41)(H,38,40)(H,36,39,42)/t21-/m0/s1. The van der Waals surface area contributed by atoms with Gasteiger partial charge in [-0.1, -0.05) is 23.7 Å². The van der Waals surface area contributed by atoms with Crippen LogP contribution in [0.25, 0.3) is 10.8 Å². The van der Waals surface area contributed by atoms with E-state index in [-0.39, 0.29) is 23.9 Å². The minimum atomic E-state index is -3.55. The number of ether oxygens (including phenoxy) is 2. The highest BCUT2D eigenvalue weighted by atomic mass is 35.5. The fourth-order valence-corrected chi connectivity index (χ4v) is 4.06. The van der Waals surface area contributed by atoms with Crippen LogP contribution in [0.1, 0.15) is 32.8 Å². The van der Waals surface area contributed by atoms with Gasteiger partial charge in [0.25, 0.3) is 5.92 Å². The Kier molecular flexibility index (Phi) is 11.7. The molecule has 3 aromatic rings. The number of nitrogens with one attached hydrogen (secondary N) is 4. The lowest BCUT2D eigenvalue weighted by Crippen LogP contribution is -2.48. The number of rotatable bonds is 12. The third kappa shape index (κ3) is 11.5. The van der Waals surface area contributed by atoms with Gasteiger partial charge in [-0.25, -0.2) is 32.1 Å². The second-order valence-electron chi connectivity index (χ2n) is 10.8. The molecule has 238 valence electrons. The number of alkyl halides is 2. The first-order valence-corrected chi connectivity index (χ1v) is 13.7. The Bertz CT molecular complexity index is 1490. The summed E-state index contributed by atoms with van der Waals surface area (Å²) >= 11 is 5.90. The number of hydrogen-bond acceptors (Lipinski definition) is 7. The predicted molar refractivity (Wildman–Crippen MR) is 156 cm³/mol. The van der Waals surface area contributed by atoms with Crippen molar-refractivity contribution in [3.8, 4) is 0 Å². The number of carbonyl (C=O) groups excluding carboxylic acids is 3. The molecule has 44 heavy (non-hydrogen) atoms. The molecule has 0 aliphatic heterocycles. The van der Waals surface area contributed by atoms with Gasteiger partial charge in [0.05, 0.1) is 24.2 Å². The number of aromatic nitrogens is 1. The zero-order valence-electron chi connectivity index (χ0n) is 24.1. The fraction of sp³-hybridized carbons (Fsp3) is 0.379. The van der Waals surface area contributed by atoms with Crippen LogP contribution in [0.15, 0.2) is 48.7 Å². The van der Waals surface area contributed by atoms with E-state index in [2.05, 4.69) is 20.9 Å². The van der Waals surface area contributed by atoms with Gasteiger partial charge >= 0.3 is 12.2 Å². The topological polar surface area (TPSA) is 131 Å². The monoisotopic (exact) mass is 641 g/mol. The maximum absolute atomic E-state index is 14.8. The summed E-state index contributed by atoms with van der Waals surface area (Å²) < 4.78 is 66.9. The molecule has 3 amide bonds. The number of hydrogen-bond donors (Lipinski definition) is 4. The number of halogens is 5. The van der Waals surface area contributed by atoms with Gasteiger partial charge in [-0.3, -0.25) is 10.1 Å². The molecule has 15 heteroatoms. The smallest absolute Gasteiger partial charge is 0.412 e. The molecular formula is C29H32ClF4N5O5. The predicted octanol–water partition coefficient (Wildman–Crippen LogP) is 5.54.